The third-order valence-corrected chi connectivity index (χ3v) is 0.821. The van der Waals surface area contributed by atoms with Gasteiger partial charge in [-0.05, 0) is 6.07 Å². The lowest BCUT2D eigenvalue weighted by Crippen LogP contribution is -2.00. The molecular weight excluding hydrogens is 116 g/mol. The van der Waals surface area contributed by atoms with E-state index in [0.717, 1.165) is 0 Å². The lowest BCUT2D eigenvalue weighted by molar-refractivity contribution is 0.0987. The van der Waals surface area contributed by atoms with Gasteiger partial charge in [0.2, 0.25) is 0 Å². The average molecular weight is 120 g/mol. The van der Waals surface area contributed by atoms with Crippen LogP contribution in [0, 0.1) is 6.07 Å². The second-order valence-electron chi connectivity index (χ2n) is 1.46. The lowest BCUT2D eigenvalue weighted by atomic mass is 10.3. The summed E-state index contributed by atoms with van der Waals surface area (Å²) in [5, 5.41) is 0. The second-order valence-corrected chi connectivity index (χ2v) is 1.46. The lowest BCUT2D eigenvalue weighted by Gasteiger charge is -1.86. The summed E-state index contributed by atoms with van der Waals surface area (Å²) in [5.41, 5.74) is 6.65. The Morgan fingerprint density at radius 1 is 1.78 bits per heavy atom. The molecule has 0 spiro atoms. The first-order chi connectivity index (χ1) is 4.30. The van der Waals surface area contributed by atoms with E-state index in [-0.39, 0.29) is 5.69 Å². The van der Waals surface area contributed by atoms with Crippen molar-refractivity contribution in [3.63, 3.8) is 0 Å². The number of rotatable bonds is 1. The highest BCUT2D eigenvalue weighted by atomic mass is 16.1. The summed E-state index contributed by atoms with van der Waals surface area (Å²) in [6, 6.07) is 5.72. The molecule has 1 heterocycles. The molecular formula is C6H4N2O. The van der Waals surface area contributed by atoms with Crippen LogP contribution in [0.3, 0.4) is 0 Å². The van der Waals surface area contributed by atoms with Gasteiger partial charge in [0.05, 0.1) is 0 Å². The summed E-state index contributed by atoms with van der Waals surface area (Å²) >= 11 is 0. The quantitative estimate of drug-likeness (QED) is 0.535. The van der Waals surface area contributed by atoms with Crippen molar-refractivity contribution in [2.24, 2.45) is 0 Å². The van der Waals surface area contributed by atoms with Crippen LogP contribution in [0.4, 0.5) is 0 Å². The predicted octanol–water partition coefficient (Wildman–Crippen LogP) is 0.305. The third-order valence-electron chi connectivity index (χ3n) is 0.821. The number of nitrogens with one attached hydrogen (secondary N) is 1. The van der Waals surface area contributed by atoms with Gasteiger partial charge in [-0.25, -0.2) is 0 Å². The molecule has 44 valence electrons. The minimum atomic E-state index is -0.796. The van der Waals surface area contributed by atoms with E-state index in [1.165, 1.54) is 6.20 Å². The Kier molecular flexibility index (Phi) is 1.44. The number of hydrogen-bond donors (Lipinski definition) is 0. The molecule has 0 unspecified atom stereocenters. The minimum Gasteiger partial charge on any atom is -0.266 e. The predicted molar refractivity (Wildman–Crippen MR) is 30.5 cm³/mol. The summed E-state index contributed by atoms with van der Waals surface area (Å²) in [4.78, 5) is 13.8. The molecule has 1 amide bonds. The van der Waals surface area contributed by atoms with Crippen LogP contribution >= 0.6 is 0 Å². The fourth-order valence-corrected chi connectivity index (χ4v) is 0.449. The summed E-state index contributed by atoms with van der Waals surface area (Å²) < 4.78 is 0. The van der Waals surface area contributed by atoms with Gasteiger partial charge in [-0.3, -0.25) is 15.5 Å². The Balaban J connectivity index is 2.98. The smallest absolute Gasteiger partial charge is 0.266 e. The Morgan fingerprint density at radius 2 is 2.56 bits per heavy atom. The van der Waals surface area contributed by atoms with E-state index in [4.69, 9.17) is 5.73 Å². The molecule has 0 saturated carbocycles. The summed E-state index contributed by atoms with van der Waals surface area (Å²) in [7, 11) is 0. The van der Waals surface area contributed by atoms with Crippen LogP contribution in [0.1, 0.15) is 10.5 Å². The first kappa shape index (κ1) is 5.75. The van der Waals surface area contributed by atoms with Gasteiger partial charge in [-0.15, -0.1) is 0 Å². The summed E-state index contributed by atoms with van der Waals surface area (Å²) in [5.74, 6) is -0.796. The third kappa shape index (κ3) is 1.25. The van der Waals surface area contributed by atoms with E-state index in [1.54, 1.807) is 12.1 Å². The minimum absolute atomic E-state index is 0.0671. The number of pyridine rings is 1. The number of nitrogens with zero attached hydrogens (tertiary/aromatic N) is 1. The molecule has 0 saturated heterocycles. The Morgan fingerprint density at radius 3 is 2.89 bits per heavy atom. The molecule has 1 N–H and O–H groups in total. The zero-order chi connectivity index (χ0) is 6.69. The number of aromatic nitrogens is 1. The van der Waals surface area contributed by atoms with E-state index in [0.29, 0.717) is 0 Å². The number of hydrogen-bond acceptors (Lipinski definition) is 2. The highest BCUT2D eigenvalue weighted by Gasteiger charge is 1.98. The number of amides is 1. The molecule has 0 aliphatic rings. The molecule has 3 heteroatoms. The maximum atomic E-state index is 10.2. The van der Waals surface area contributed by atoms with E-state index in [9.17, 15) is 4.79 Å². The van der Waals surface area contributed by atoms with Crippen molar-refractivity contribution < 1.29 is 4.79 Å². The van der Waals surface area contributed by atoms with Crippen molar-refractivity contribution in [3.8, 4) is 0 Å². The van der Waals surface area contributed by atoms with Gasteiger partial charge >= 0.3 is 0 Å². The Labute approximate surface area is 52.5 Å². The monoisotopic (exact) mass is 120 g/mol. The summed E-state index contributed by atoms with van der Waals surface area (Å²) in [6.07, 6.45) is 1.46. The van der Waals surface area contributed by atoms with Crippen LogP contribution in [0.2, 0.25) is 0 Å². The number of carbonyl (C=O) groups is 1. The summed E-state index contributed by atoms with van der Waals surface area (Å²) in [6.45, 7) is 0. The Bertz CT molecular complexity index is 208. The molecule has 0 aromatic carbocycles. The van der Waals surface area contributed by atoms with Gasteiger partial charge in [-0.2, -0.15) is 0 Å². The highest BCUT2D eigenvalue weighted by molar-refractivity contribution is 5.89. The van der Waals surface area contributed by atoms with Crippen molar-refractivity contribution in [3.05, 3.63) is 30.1 Å². The zero-order valence-corrected chi connectivity index (χ0v) is 4.59. The molecule has 0 aliphatic carbocycles. The molecule has 3 nitrogen and oxygen atoms in total. The molecule has 0 fully saturated rings. The van der Waals surface area contributed by atoms with Crippen LogP contribution in [-0.2, 0) is 0 Å². The molecule has 0 aliphatic heterocycles. The fourth-order valence-electron chi connectivity index (χ4n) is 0.449. The molecule has 0 atom stereocenters. The van der Waals surface area contributed by atoms with E-state index >= 15 is 0 Å². The normalized spacial score (nSPS) is 8.89. The Hall–Kier alpha value is -1.38. The topological polar surface area (TPSA) is 53.8 Å². The van der Waals surface area contributed by atoms with Crippen molar-refractivity contribution in [1.29, 1.82) is 0 Å². The SMILES string of the molecule is [NH]C(=O)c1[c]cccn1. The van der Waals surface area contributed by atoms with Crippen molar-refractivity contribution in [2.75, 3.05) is 0 Å². The first-order valence-corrected chi connectivity index (χ1v) is 2.39. The van der Waals surface area contributed by atoms with Crippen LogP contribution in [0.25, 0.3) is 0 Å². The van der Waals surface area contributed by atoms with Gasteiger partial charge in [0.15, 0.2) is 0 Å². The highest BCUT2D eigenvalue weighted by Crippen LogP contribution is 1.88. The van der Waals surface area contributed by atoms with Gasteiger partial charge in [0.1, 0.15) is 5.69 Å². The largest absolute Gasteiger partial charge is 0.288 e. The molecule has 0 bridgehead atoms. The van der Waals surface area contributed by atoms with Gasteiger partial charge in [0.25, 0.3) is 5.91 Å². The van der Waals surface area contributed by atoms with Crippen molar-refractivity contribution in [2.45, 2.75) is 0 Å². The molecule has 9 heavy (non-hydrogen) atoms. The average Bonchev–Trinajstić information content (AvgIpc) is 1.90. The van der Waals surface area contributed by atoms with Crippen molar-refractivity contribution >= 4 is 5.91 Å². The van der Waals surface area contributed by atoms with Gasteiger partial charge < -0.3 is 0 Å². The maximum Gasteiger partial charge on any atom is 0.288 e. The van der Waals surface area contributed by atoms with Gasteiger partial charge in [0, 0.05) is 12.3 Å². The second kappa shape index (κ2) is 2.26. The molecule has 1 aromatic rings. The van der Waals surface area contributed by atoms with Crippen LogP contribution in [0.5, 0.6) is 0 Å². The molecule has 1 rings (SSSR count). The molecule has 2 radical (unpaired) electrons. The van der Waals surface area contributed by atoms with Crippen LogP contribution in [0.15, 0.2) is 18.3 Å². The van der Waals surface area contributed by atoms with Crippen LogP contribution < -0.4 is 5.73 Å². The van der Waals surface area contributed by atoms with E-state index in [1.807, 2.05) is 0 Å². The van der Waals surface area contributed by atoms with E-state index in [2.05, 4.69) is 11.1 Å². The van der Waals surface area contributed by atoms with E-state index < -0.39 is 5.91 Å². The molecule has 1 aromatic heterocycles. The fraction of sp³-hybridized carbons (Fsp3) is 0. The number of carbonyl (C=O) groups excluding carboxylic acids is 1. The van der Waals surface area contributed by atoms with Crippen LogP contribution in [-0.4, -0.2) is 10.9 Å². The first-order valence-electron chi connectivity index (χ1n) is 2.39. The van der Waals surface area contributed by atoms with Gasteiger partial charge in [-0.1, -0.05) is 6.07 Å². The van der Waals surface area contributed by atoms with Crippen molar-refractivity contribution in [1.82, 2.24) is 10.7 Å². The zero-order valence-electron chi connectivity index (χ0n) is 4.59. The standard InChI is InChI=1S/C6H4N2O/c7-6(9)5-3-1-2-4-8-5/h1-2,4,7H. The maximum absolute atomic E-state index is 10.2.